The summed E-state index contributed by atoms with van der Waals surface area (Å²) in [4.78, 5) is 30.6. The van der Waals surface area contributed by atoms with Crippen LogP contribution in [0.15, 0.2) is 41.4 Å². The number of aromatic nitrogens is 1. The van der Waals surface area contributed by atoms with Crippen molar-refractivity contribution in [2.75, 3.05) is 0 Å². The average molecular weight is 473 g/mol. The summed E-state index contributed by atoms with van der Waals surface area (Å²) in [5.74, 6) is -1.39. The topological polar surface area (TPSA) is 111 Å². The molecule has 2 heterocycles. The minimum absolute atomic E-state index is 0.0965. The molecule has 9 heteroatoms. The summed E-state index contributed by atoms with van der Waals surface area (Å²) in [6.07, 6.45) is 3.58. The number of hydrogen-bond acceptors (Lipinski definition) is 7. The summed E-state index contributed by atoms with van der Waals surface area (Å²) in [7, 11) is 0. The summed E-state index contributed by atoms with van der Waals surface area (Å²) in [6, 6.07) is 7.95. The summed E-state index contributed by atoms with van der Waals surface area (Å²) in [6.45, 7) is 3.47. The number of thioether (sulfide) groups is 1. The second-order valence-electron chi connectivity index (χ2n) is 7.81. The number of benzene rings is 1. The first-order valence-corrected chi connectivity index (χ1v) is 11.3. The van der Waals surface area contributed by atoms with Crippen molar-refractivity contribution in [2.24, 2.45) is 5.92 Å². The molecule has 0 radical (unpaired) electrons. The van der Waals surface area contributed by atoms with Gasteiger partial charge in [-0.2, -0.15) is 0 Å². The Balaban J connectivity index is 1.83. The van der Waals surface area contributed by atoms with Crippen molar-refractivity contribution in [3.05, 3.63) is 58.1 Å². The number of aliphatic carboxylic acids is 1. The number of rotatable bonds is 8. The van der Waals surface area contributed by atoms with Gasteiger partial charge in [-0.15, -0.1) is 0 Å². The van der Waals surface area contributed by atoms with Crippen molar-refractivity contribution < 1.29 is 24.9 Å². The number of carbonyl (C=O) groups excluding carboxylic acids is 1. The van der Waals surface area contributed by atoms with Crippen LogP contribution in [-0.4, -0.2) is 47.4 Å². The Morgan fingerprint density at radius 2 is 1.91 bits per heavy atom. The molecule has 2 aromatic rings. The second-order valence-corrected chi connectivity index (χ2v) is 9.49. The number of aliphatic hydroxyl groups is 2. The number of carboxylic acids is 1. The summed E-state index contributed by atoms with van der Waals surface area (Å²) < 4.78 is 0.236. The fourth-order valence-electron chi connectivity index (χ4n) is 3.41. The van der Waals surface area contributed by atoms with Crippen LogP contribution < -0.4 is 0 Å². The lowest BCUT2D eigenvalue weighted by Gasteiger charge is -2.24. The van der Waals surface area contributed by atoms with Gasteiger partial charge in [0.2, 0.25) is 0 Å². The molecule has 1 atom stereocenters. The molecule has 0 unspecified atom stereocenters. The first-order chi connectivity index (χ1) is 15.2. The van der Waals surface area contributed by atoms with Gasteiger partial charge in [-0.1, -0.05) is 56.0 Å². The molecule has 1 aliphatic rings. The SMILES string of the molecule is CC(C)C[C@@H](C(=O)O)N1C(=O)/C(=C/c2ccc(-c3ccc(CO)c(CO)c3)nc2)SC1=S. The van der Waals surface area contributed by atoms with Crippen molar-refractivity contribution in [1.29, 1.82) is 0 Å². The molecule has 1 aromatic carbocycles. The Morgan fingerprint density at radius 1 is 1.19 bits per heavy atom. The van der Waals surface area contributed by atoms with Crippen LogP contribution in [0.1, 0.15) is 37.0 Å². The van der Waals surface area contributed by atoms with Gasteiger partial charge in [-0.3, -0.25) is 14.7 Å². The predicted octanol–water partition coefficient (Wildman–Crippen LogP) is 3.43. The highest BCUT2D eigenvalue weighted by atomic mass is 32.2. The first-order valence-electron chi connectivity index (χ1n) is 10.0. The van der Waals surface area contributed by atoms with E-state index >= 15 is 0 Å². The molecular weight excluding hydrogens is 448 g/mol. The highest BCUT2D eigenvalue weighted by Crippen LogP contribution is 2.35. The number of carbonyl (C=O) groups is 2. The number of hydrogen-bond donors (Lipinski definition) is 3. The minimum atomic E-state index is -1.07. The van der Waals surface area contributed by atoms with E-state index in [1.165, 1.54) is 4.90 Å². The van der Waals surface area contributed by atoms with Crippen molar-refractivity contribution >= 4 is 46.3 Å². The molecule has 32 heavy (non-hydrogen) atoms. The zero-order valence-electron chi connectivity index (χ0n) is 17.7. The zero-order chi connectivity index (χ0) is 23.4. The van der Waals surface area contributed by atoms with Crippen molar-refractivity contribution in [3.8, 4) is 11.3 Å². The number of pyridine rings is 1. The van der Waals surface area contributed by atoms with Gasteiger partial charge in [0.05, 0.1) is 23.8 Å². The Hall–Kier alpha value is -2.59. The maximum Gasteiger partial charge on any atom is 0.326 e. The number of carboxylic acid groups (broad SMARTS) is 1. The van der Waals surface area contributed by atoms with Gasteiger partial charge in [0.1, 0.15) is 10.4 Å². The molecule has 3 N–H and O–H groups in total. The standard InChI is InChI=1S/C23H24N2O5S2/c1-13(2)7-19(22(29)30)25-21(28)20(32-23(25)31)8-14-3-6-18(24-10-14)15-4-5-16(11-26)17(9-15)12-27/h3-6,8-10,13,19,26-27H,7,11-12H2,1-2H3,(H,29,30)/b20-8-/t19-/m0/s1. The third-order valence-corrected chi connectivity index (χ3v) is 6.37. The Bertz CT molecular complexity index is 1070. The van der Waals surface area contributed by atoms with Gasteiger partial charge in [0, 0.05) is 11.8 Å². The fraction of sp³-hybridized carbons (Fsp3) is 0.304. The molecule has 1 aromatic heterocycles. The van der Waals surface area contributed by atoms with Gasteiger partial charge in [0.25, 0.3) is 5.91 Å². The molecule has 0 saturated carbocycles. The molecular formula is C23H24N2O5S2. The van der Waals surface area contributed by atoms with Gasteiger partial charge in [-0.25, -0.2) is 4.79 Å². The molecule has 1 fully saturated rings. The molecule has 3 rings (SSSR count). The summed E-state index contributed by atoms with van der Waals surface area (Å²) in [5, 5.41) is 28.4. The van der Waals surface area contributed by atoms with E-state index in [-0.39, 0.29) is 23.5 Å². The third-order valence-electron chi connectivity index (χ3n) is 5.04. The van der Waals surface area contributed by atoms with Gasteiger partial charge < -0.3 is 15.3 Å². The van der Waals surface area contributed by atoms with E-state index < -0.39 is 17.9 Å². The van der Waals surface area contributed by atoms with E-state index in [0.29, 0.717) is 33.7 Å². The molecule has 7 nitrogen and oxygen atoms in total. The monoisotopic (exact) mass is 472 g/mol. The van der Waals surface area contributed by atoms with E-state index in [4.69, 9.17) is 12.2 Å². The zero-order valence-corrected chi connectivity index (χ0v) is 19.3. The van der Waals surface area contributed by atoms with E-state index in [1.54, 1.807) is 36.5 Å². The number of amides is 1. The predicted molar refractivity (Wildman–Crippen MR) is 127 cm³/mol. The van der Waals surface area contributed by atoms with Crippen LogP contribution in [-0.2, 0) is 22.8 Å². The van der Waals surface area contributed by atoms with Crippen molar-refractivity contribution in [2.45, 2.75) is 39.5 Å². The van der Waals surface area contributed by atoms with E-state index in [9.17, 15) is 24.9 Å². The number of aliphatic hydroxyl groups excluding tert-OH is 2. The largest absolute Gasteiger partial charge is 0.480 e. The normalized spacial score (nSPS) is 16.3. The quantitative estimate of drug-likeness (QED) is 0.396. The Labute approximate surface area is 195 Å². The summed E-state index contributed by atoms with van der Waals surface area (Å²) in [5.41, 5.74) is 3.44. The smallest absolute Gasteiger partial charge is 0.326 e. The summed E-state index contributed by atoms with van der Waals surface area (Å²) >= 11 is 6.38. The van der Waals surface area contributed by atoms with Crippen LogP contribution in [0.2, 0.25) is 0 Å². The number of nitrogens with zero attached hydrogens (tertiary/aromatic N) is 2. The highest BCUT2D eigenvalue weighted by Gasteiger charge is 2.40. The minimum Gasteiger partial charge on any atom is -0.480 e. The van der Waals surface area contributed by atoms with Crippen molar-refractivity contribution in [1.82, 2.24) is 9.88 Å². The molecule has 1 aliphatic heterocycles. The average Bonchev–Trinajstić information content (AvgIpc) is 3.04. The van der Waals surface area contributed by atoms with Crippen LogP contribution in [0.5, 0.6) is 0 Å². The highest BCUT2D eigenvalue weighted by molar-refractivity contribution is 8.26. The van der Waals surface area contributed by atoms with Crippen LogP contribution in [0, 0.1) is 5.92 Å². The maximum atomic E-state index is 12.9. The number of thiocarbonyl (C=S) groups is 1. The van der Waals surface area contributed by atoms with E-state index in [0.717, 1.165) is 17.3 Å². The van der Waals surface area contributed by atoms with Crippen LogP contribution in [0.3, 0.4) is 0 Å². The van der Waals surface area contributed by atoms with E-state index in [1.807, 2.05) is 19.9 Å². The second kappa shape index (κ2) is 10.4. The van der Waals surface area contributed by atoms with Crippen LogP contribution in [0.25, 0.3) is 17.3 Å². The molecule has 0 aliphatic carbocycles. The third kappa shape index (κ3) is 5.24. The molecule has 168 valence electrons. The van der Waals surface area contributed by atoms with Crippen LogP contribution >= 0.6 is 24.0 Å². The van der Waals surface area contributed by atoms with Gasteiger partial charge in [0.15, 0.2) is 0 Å². The maximum absolute atomic E-state index is 12.9. The molecule has 1 saturated heterocycles. The first kappa shape index (κ1) is 24.1. The molecule has 0 bridgehead atoms. The van der Waals surface area contributed by atoms with E-state index in [2.05, 4.69) is 4.98 Å². The lowest BCUT2D eigenvalue weighted by atomic mass is 10.0. The van der Waals surface area contributed by atoms with Crippen molar-refractivity contribution in [3.63, 3.8) is 0 Å². The molecule has 1 amide bonds. The lowest BCUT2D eigenvalue weighted by molar-refractivity contribution is -0.145. The fourth-order valence-corrected chi connectivity index (χ4v) is 4.77. The molecule has 0 spiro atoms. The Morgan fingerprint density at radius 3 is 2.47 bits per heavy atom. The van der Waals surface area contributed by atoms with Gasteiger partial charge in [-0.05, 0) is 47.2 Å². The Kier molecular flexibility index (Phi) is 7.78. The van der Waals surface area contributed by atoms with Crippen LogP contribution in [0.4, 0.5) is 0 Å². The van der Waals surface area contributed by atoms with Gasteiger partial charge >= 0.3 is 5.97 Å². The lowest BCUT2D eigenvalue weighted by Crippen LogP contribution is -2.44.